The van der Waals surface area contributed by atoms with Gasteiger partial charge in [0.25, 0.3) is 0 Å². The first kappa shape index (κ1) is 30.8. The summed E-state index contributed by atoms with van der Waals surface area (Å²) in [7, 11) is 0. The summed E-state index contributed by atoms with van der Waals surface area (Å²) in [6.07, 6.45) is 4.98. The molecule has 1 aromatic carbocycles. The Morgan fingerprint density at radius 3 is 2.62 bits per heavy atom. The number of carbonyl (C=O) groups excluding carboxylic acids is 3. The molecule has 1 spiro atoms. The molecule has 0 aromatic heterocycles. The minimum absolute atomic E-state index is 0.0674. The molecule has 4 aliphatic heterocycles. The van der Waals surface area contributed by atoms with E-state index in [2.05, 4.69) is 18.1 Å². The number of amides is 2. The maximum atomic E-state index is 14.7. The van der Waals surface area contributed by atoms with E-state index < -0.39 is 39.4 Å². The molecule has 6 atom stereocenters. The number of nitrogens with zero attached hydrogens (tertiary/aromatic N) is 3. The molecule has 5 rings (SSSR count). The van der Waals surface area contributed by atoms with E-state index in [-0.39, 0.29) is 25.0 Å². The molecule has 4 fully saturated rings. The van der Waals surface area contributed by atoms with Crippen LogP contribution in [-0.2, 0) is 30.3 Å². The van der Waals surface area contributed by atoms with Gasteiger partial charge in [-0.15, -0.1) is 18.3 Å². The monoisotopic (exact) mass is 597 g/mol. The van der Waals surface area contributed by atoms with Crippen molar-refractivity contribution in [3.05, 3.63) is 61.2 Å². The van der Waals surface area contributed by atoms with Gasteiger partial charge >= 0.3 is 5.97 Å². The predicted octanol–water partition coefficient (Wildman–Crippen LogP) is 2.15. The second-order valence-corrected chi connectivity index (χ2v) is 13.8. The number of esters is 1. The van der Waals surface area contributed by atoms with Crippen molar-refractivity contribution in [2.75, 3.05) is 59.2 Å². The molecule has 2 bridgehead atoms. The normalized spacial score (nSPS) is 31.0. The first-order valence-corrected chi connectivity index (χ1v) is 15.8. The van der Waals surface area contributed by atoms with Crippen LogP contribution >= 0.6 is 11.8 Å². The number of benzene rings is 1. The van der Waals surface area contributed by atoms with Crippen LogP contribution in [0.4, 0.5) is 0 Å². The van der Waals surface area contributed by atoms with Crippen LogP contribution in [-0.4, -0.2) is 118 Å². The van der Waals surface area contributed by atoms with Crippen LogP contribution in [0.2, 0.25) is 0 Å². The molecule has 2 amide bonds. The molecular formula is C32H43N3O6S. The fourth-order valence-electron chi connectivity index (χ4n) is 7.47. The molecule has 10 heteroatoms. The number of aliphatic hydroxyl groups excluding tert-OH is 1. The van der Waals surface area contributed by atoms with Crippen LogP contribution < -0.4 is 0 Å². The van der Waals surface area contributed by atoms with Gasteiger partial charge in [0, 0.05) is 37.5 Å². The number of thioether (sulfide) groups is 1. The van der Waals surface area contributed by atoms with Gasteiger partial charge < -0.3 is 24.4 Å². The molecule has 9 nitrogen and oxygen atoms in total. The SMILES string of the molecule is C=CCOC(=O)[C@H]1[C@H]2C(=O)N([C@@H](CO)Cc3ccccc3)C(C(=O)N(CC=C)CCN3CCOCC3)C23CC[C@]1(C)S3. The Kier molecular flexibility index (Phi) is 9.47. The number of ether oxygens (including phenoxy) is 2. The lowest BCUT2D eigenvalue weighted by Crippen LogP contribution is -2.58. The van der Waals surface area contributed by atoms with Crippen LogP contribution in [0.25, 0.3) is 0 Å². The van der Waals surface area contributed by atoms with Crippen molar-refractivity contribution in [1.29, 1.82) is 0 Å². The lowest BCUT2D eigenvalue weighted by Gasteiger charge is -2.40. The van der Waals surface area contributed by atoms with Gasteiger partial charge in [-0.2, -0.15) is 0 Å². The maximum Gasteiger partial charge on any atom is 0.311 e. The highest BCUT2D eigenvalue weighted by molar-refractivity contribution is 8.02. The molecule has 228 valence electrons. The zero-order valence-electron chi connectivity index (χ0n) is 24.5. The number of aliphatic hydroxyl groups is 1. The van der Waals surface area contributed by atoms with Crippen molar-refractivity contribution in [2.45, 2.75) is 47.8 Å². The summed E-state index contributed by atoms with van der Waals surface area (Å²) >= 11 is 1.61. The molecule has 4 saturated heterocycles. The van der Waals surface area contributed by atoms with Gasteiger partial charge in [0.05, 0.1) is 42.4 Å². The Labute approximate surface area is 252 Å². The van der Waals surface area contributed by atoms with Crippen molar-refractivity contribution in [3.8, 4) is 0 Å². The Bertz CT molecular complexity index is 1180. The topological polar surface area (TPSA) is 99.6 Å². The molecule has 0 saturated carbocycles. The minimum atomic E-state index is -0.815. The van der Waals surface area contributed by atoms with Gasteiger partial charge in [0.15, 0.2) is 0 Å². The van der Waals surface area contributed by atoms with E-state index in [1.165, 1.54) is 6.08 Å². The van der Waals surface area contributed by atoms with Crippen LogP contribution in [0.3, 0.4) is 0 Å². The lowest BCUT2D eigenvalue weighted by molar-refractivity contribution is -0.155. The lowest BCUT2D eigenvalue weighted by atomic mass is 9.66. The molecule has 2 unspecified atom stereocenters. The Hall–Kier alpha value is -2.66. The van der Waals surface area contributed by atoms with Gasteiger partial charge in [-0.1, -0.05) is 49.1 Å². The zero-order chi connectivity index (χ0) is 29.9. The van der Waals surface area contributed by atoms with Gasteiger partial charge in [0.2, 0.25) is 11.8 Å². The van der Waals surface area contributed by atoms with E-state index in [1.807, 2.05) is 37.3 Å². The molecule has 0 radical (unpaired) electrons. The van der Waals surface area contributed by atoms with E-state index in [9.17, 15) is 19.5 Å². The molecule has 1 aromatic rings. The average molecular weight is 598 g/mol. The Balaban J connectivity index is 1.52. The highest BCUT2D eigenvalue weighted by atomic mass is 32.2. The Morgan fingerprint density at radius 1 is 1.21 bits per heavy atom. The van der Waals surface area contributed by atoms with Gasteiger partial charge in [0.1, 0.15) is 12.6 Å². The average Bonchev–Trinajstić information content (AvgIpc) is 3.58. The van der Waals surface area contributed by atoms with Crippen molar-refractivity contribution < 1.29 is 29.0 Å². The number of likely N-dealkylation sites (tertiary alicyclic amines) is 1. The second-order valence-electron chi connectivity index (χ2n) is 11.9. The number of hydrogen-bond donors (Lipinski definition) is 1. The quantitative estimate of drug-likeness (QED) is 0.273. The number of rotatable bonds is 13. The highest BCUT2D eigenvalue weighted by Gasteiger charge is 2.78. The summed E-state index contributed by atoms with van der Waals surface area (Å²) in [6, 6.07) is 8.26. The van der Waals surface area contributed by atoms with Crippen molar-refractivity contribution in [1.82, 2.24) is 14.7 Å². The van der Waals surface area contributed by atoms with E-state index in [0.717, 1.165) is 18.7 Å². The molecule has 4 heterocycles. The van der Waals surface area contributed by atoms with E-state index >= 15 is 0 Å². The first-order valence-electron chi connectivity index (χ1n) is 14.9. The summed E-state index contributed by atoms with van der Waals surface area (Å²) < 4.78 is 9.72. The third kappa shape index (κ3) is 5.54. The van der Waals surface area contributed by atoms with Gasteiger partial charge in [-0.05, 0) is 31.7 Å². The number of fused-ring (bicyclic) bond motifs is 1. The molecule has 0 aliphatic carbocycles. The summed E-state index contributed by atoms with van der Waals surface area (Å²) in [5.41, 5.74) is 0.964. The number of carbonyl (C=O) groups is 3. The molecule has 4 aliphatic rings. The first-order chi connectivity index (χ1) is 20.3. The summed E-state index contributed by atoms with van der Waals surface area (Å²) in [6.45, 7) is 13.8. The fraction of sp³-hybridized carbons (Fsp3) is 0.594. The third-order valence-corrected chi connectivity index (χ3v) is 11.4. The van der Waals surface area contributed by atoms with Crippen LogP contribution in [0.1, 0.15) is 25.3 Å². The second kappa shape index (κ2) is 12.9. The van der Waals surface area contributed by atoms with Crippen molar-refractivity contribution in [2.24, 2.45) is 11.8 Å². The van der Waals surface area contributed by atoms with Crippen LogP contribution in [0.15, 0.2) is 55.6 Å². The van der Waals surface area contributed by atoms with E-state index in [1.54, 1.807) is 27.6 Å². The summed E-state index contributed by atoms with van der Waals surface area (Å²) in [5, 5.41) is 10.7. The van der Waals surface area contributed by atoms with Gasteiger partial charge in [-0.3, -0.25) is 19.3 Å². The third-order valence-electron chi connectivity index (χ3n) is 9.42. The number of hydrogen-bond acceptors (Lipinski definition) is 8. The van der Waals surface area contributed by atoms with Crippen molar-refractivity contribution in [3.63, 3.8) is 0 Å². The summed E-state index contributed by atoms with van der Waals surface area (Å²) in [4.78, 5) is 48.5. The molecule has 1 N–H and O–H groups in total. The predicted molar refractivity (Wildman–Crippen MR) is 162 cm³/mol. The highest BCUT2D eigenvalue weighted by Crippen LogP contribution is 2.71. The standard InChI is InChI=1S/C32H43N3O6S/c1-4-13-34(15-14-33-16-19-40-20-17-33)29(38)27-32-12-11-31(3,42-32)26(30(39)41-18-5-2)25(32)28(37)35(27)24(22-36)21-23-9-7-6-8-10-23/h4-10,24-27,36H,1-2,11-22H2,3H3/t24-,25+,26-,27?,31+,32?/m1/s1. The maximum absolute atomic E-state index is 14.7. The van der Waals surface area contributed by atoms with Crippen LogP contribution in [0.5, 0.6) is 0 Å². The van der Waals surface area contributed by atoms with Gasteiger partial charge in [-0.25, -0.2) is 0 Å². The number of morpholine rings is 1. The molecule has 42 heavy (non-hydrogen) atoms. The summed E-state index contributed by atoms with van der Waals surface area (Å²) in [5.74, 6) is -2.20. The zero-order valence-corrected chi connectivity index (χ0v) is 25.3. The van der Waals surface area contributed by atoms with Crippen LogP contribution in [0, 0.1) is 11.8 Å². The minimum Gasteiger partial charge on any atom is -0.461 e. The fourth-order valence-corrected chi connectivity index (χ4v) is 9.79. The smallest absolute Gasteiger partial charge is 0.311 e. The van der Waals surface area contributed by atoms with E-state index in [0.29, 0.717) is 52.1 Å². The molecular weight excluding hydrogens is 554 g/mol. The van der Waals surface area contributed by atoms with E-state index in [4.69, 9.17) is 9.47 Å². The van der Waals surface area contributed by atoms with Crippen molar-refractivity contribution >= 4 is 29.5 Å². The largest absolute Gasteiger partial charge is 0.461 e. The Morgan fingerprint density at radius 2 is 1.95 bits per heavy atom.